The number of ether oxygens (including phenoxy) is 1. The van der Waals surface area contributed by atoms with E-state index in [9.17, 15) is 0 Å². The lowest BCUT2D eigenvalue weighted by molar-refractivity contribution is 0.186. The molecule has 1 heterocycles. The molecule has 0 saturated heterocycles. The van der Waals surface area contributed by atoms with Crippen LogP contribution in [0.15, 0.2) is 48.0 Å². The maximum absolute atomic E-state index is 6.13. The maximum atomic E-state index is 6.13. The van der Waals surface area contributed by atoms with Gasteiger partial charge in [-0.05, 0) is 57.9 Å². The van der Waals surface area contributed by atoms with Crippen molar-refractivity contribution in [2.75, 3.05) is 0 Å². The molecule has 2 aliphatic carbocycles. The molecule has 0 radical (unpaired) electrons. The topological polar surface area (TPSA) is 9.23 Å². The van der Waals surface area contributed by atoms with Crippen molar-refractivity contribution in [2.45, 2.75) is 25.4 Å². The molecule has 0 amide bonds. The zero-order chi connectivity index (χ0) is 13.6. The Balaban J connectivity index is 1.98. The van der Waals surface area contributed by atoms with E-state index >= 15 is 0 Å². The van der Waals surface area contributed by atoms with Gasteiger partial charge < -0.3 is 4.74 Å². The van der Waals surface area contributed by atoms with Crippen molar-refractivity contribution in [3.8, 4) is 5.75 Å². The number of rotatable bonds is 0. The molecule has 0 saturated carbocycles. The van der Waals surface area contributed by atoms with Crippen LogP contribution in [0.4, 0.5) is 0 Å². The Hall–Kier alpha value is -2.28. The fourth-order valence-electron chi connectivity index (χ4n) is 4.47. The third kappa shape index (κ3) is 1.08. The van der Waals surface area contributed by atoms with Gasteiger partial charge in [0.15, 0.2) is 6.10 Å². The van der Waals surface area contributed by atoms with Gasteiger partial charge in [0.05, 0.1) is 0 Å². The largest absolute Gasteiger partial charge is 0.480 e. The van der Waals surface area contributed by atoms with E-state index in [4.69, 9.17) is 4.74 Å². The second-order valence-corrected chi connectivity index (χ2v) is 6.38. The fourth-order valence-corrected chi connectivity index (χ4v) is 4.47. The third-order valence-corrected chi connectivity index (χ3v) is 5.36. The second-order valence-electron chi connectivity index (χ2n) is 6.38. The lowest BCUT2D eigenvalue weighted by atomic mass is 9.76. The van der Waals surface area contributed by atoms with Gasteiger partial charge in [-0.25, -0.2) is 0 Å². The summed E-state index contributed by atoms with van der Waals surface area (Å²) in [5.41, 5.74) is 4.41. The molecule has 1 nitrogen and oxygen atoms in total. The van der Waals surface area contributed by atoms with E-state index in [1.165, 1.54) is 62.7 Å². The van der Waals surface area contributed by atoms with Crippen molar-refractivity contribution in [3.05, 3.63) is 58.8 Å². The molecule has 0 spiro atoms. The number of allylic oxidation sites excluding steroid dienone is 1. The van der Waals surface area contributed by atoms with E-state index in [2.05, 4.69) is 42.5 Å². The predicted molar refractivity (Wildman–Crippen MR) is 85.4 cm³/mol. The zero-order valence-electron chi connectivity index (χ0n) is 11.6. The summed E-state index contributed by atoms with van der Waals surface area (Å²) < 4.78 is 6.13. The normalized spacial score (nSPS) is 21.8. The molecule has 0 fully saturated rings. The Bertz CT molecular complexity index is 1040. The average molecular weight is 270 g/mol. The zero-order valence-corrected chi connectivity index (χ0v) is 11.6. The molecule has 0 aromatic heterocycles. The number of fused-ring (bicyclic) bond motifs is 2. The molecular weight excluding hydrogens is 256 g/mol. The van der Waals surface area contributed by atoms with Crippen molar-refractivity contribution in [2.24, 2.45) is 0 Å². The second kappa shape index (κ2) is 3.30. The van der Waals surface area contributed by atoms with E-state index in [-0.39, 0.29) is 6.10 Å². The van der Waals surface area contributed by atoms with Gasteiger partial charge >= 0.3 is 0 Å². The van der Waals surface area contributed by atoms with Gasteiger partial charge in [-0.15, -0.1) is 0 Å². The SMILES string of the molecule is C1=C2C(=c3ccc4cccc5cc6c(c3c45)[C@@H]2O6)CCC1. The molecule has 100 valence electrons. The summed E-state index contributed by atoms with van der Waals surface area (Å²) in [7, 11) is 0. The quantitative estimate of drug-likeness (QED) is 0.587. The van der Waals surface area contributed by atoms with Gasteiger partial charge in [0.25, 0.3) is 0 Å². The molecule has 3 aromatic rings. The van der Waals surface area contributed by atoms with Crippen molar-refractivity contribution in [3.63, 3.8) is 0 Å². The molecule has 0 N–H and O–H groups in total. The molecule has 0 unspecified atom stereocenters. The Kier molecular flexibility index (Phi) is 1.64. The molecule has 1 heteroatoms. The Morgan fingerprint density at radius 2 is 1.95 bits per heavy atom. The first-order valence-corrected chi connectivity index (χ1v) is 7.80. The Morgan fingerprint density at radius 3 is 2.95 bits per heavy atom. The lowest BCUT2D eigenvalue weighted by Crippen LogP contribution is -2.31. The van der Waals surface area contributed by atoms with E-state index in [0.29, 0.717) is 0 Å². The first-order chi connectivity index (χ1) is 10.4. The highest BCUT2D eigenvalue weighted by Gasteiger charge is 2.39. The van der Waals surface area contributed by atoms with Crippen LogP contribution in [-0.4, -0.2) is 0 Å². The summed E-state index contributed by atoms with van der Waals surface area (Å²) in [6, 6.07) is 13.4. The summed E-state index contributed by atoms with van der Waals surface area (Å²) in [6.45, 7) is 0. The fraction of sp³-hybridized carbons (Fsp3) is 0.200. The lowest BCUT2D eigenvalue weighted by Gasteiger charge is -2.40. The molecule has 0 bridgehead atoms. The highest BCUT2D eigenvalue weighted by molar-refractivity contribution is 6.14. The third-order valence-electron chi connectivity index (χ3n) is 5.36. The van der Waals surface area contributed by atoms with E-state index < -0.39 is 0 Å². The van der Waals surface area contributed by atoms with E-state index in [1.54, 1.807) is 0 Å². The van der Waals surface area contributed by atoms with Crippen LogP contribution < -0.4 is 9.96 Å². The van der Waals surface area contributed by atoms with E-state index in [0.717, 1.165) is 5.75 Å². The molecule has 21 heavy (non-hydrogen) atoms. The molecule has 1 aliphatic heterocycles. The van der Waals surface area contributed by atoms with Crippen LogP contribution >= 0.6 is 0 Å². The molecule has 3 aliphatic rings. The summed E-state index contributed by atoms with van der Waals surface area (Å²) in [5, 5.41) is 7.01. The van der Waals surface area contributed by atoms with Gasteiger partial charge in [0, 0.05) is 10.9 Å². The van der Waals surface area contributed by atoms with Gasteiger partial charge in [-0.1, -0.05) is 36.4 Å². The molecule has 3 aromatic carbocycles. The Morgan fingerprint density at radius 1 is 1.00 bits per heavy atom. The predicted octanol–water partition coefficient (Wildman–Crippen LogP) is 4.42. The summed E-state index contributed by atoms with van der Waals surface area (Å²) >= 11 is 0. The van der Waals surface area contributed by atoms with Crippen LogP contribution in [0.1, 0.15) is 30.9 Å². The van der Waals surface area contributed by atoms with Gasteiger partial charge in [0.1, 0.15) is 5.75 Å². The highest BCUT2D eigenvalue weighted by Crippen LogP contribution is 2.53. The van der Waals surface area contributed by atoms with Crippen LogP contribution in [0.3, 0.4) is 0 Å². The monoisotopic (exact) mass is 270 g/mol. The minimum absolute atomic E-state index is 0.206. The standard InChI is InChI=1S/C20H14O/c1-2-7-15-13(6-1)14-9-8-11-4-3-5-12-10-16-19(20(15)21-16)18(14)17(11)12/h3-5,7-10,20H,1-2,6H2/t20-/m1/s1. The van der Waals surface area contributed by atoms with Crippen LogP contribution in [0.25, 0.3) is 27.1 Å². The van der Waals surface area contributed by atoms with Crippen molar-refractivity contribution < 1.29 is 4.74 Å². The smallest absolute Gasteiger partial charge is 0.153 e. The highest BCUT2D eigenvalue weighted by atomic mass is 16.5. The minimum Gasteiger partial charge on any atom is -0.480 e. The maximum Gasteiger partial charge on any atom is 0.153 e. The van der Waals surface area contributed by atoms with Crippen LogP contribution in [0, 0.1) is 0 Å². The van der Waals surface area contributed by atoms with Crippen LogP contribution in [0.5, 0.6) is 5.75 Å². The first-order valence-electron chi connectivity index (χ1n) is 7.80. The van der Waals surface area contributed by atoms with Gasteiger partial charge in [0.2, 0.25) is 0 Å². The summed E-state index contributed by atoms with van der Waals surface area (Å²) in [6.07, 6.45) is 6.26. The molecular formula is C20H14O. The van der Waals surface area contributed by atoms with Gasteiger partial charge in [-0.2, -0.15) is 0 Å². The van der Waals surface area contributed by atoms with Crippen molar-refractivity contribution in [1.82, 2.24) is 0 Å². The number of benzene rings is 3. The number of hydrogen-bond donors (Lipinski definition) is 0. The van der Waals surface area contributed by atoms with Crippen LogP contribution in [-0.2, 0) is 0 Å². The summed E-state index contributed by atoms with van der Waals surface area (Å²) in [5.74, 6) is 1.10. The van der Waals surface area contributed by atoms with Crippen LogP contribution in [0.2, 0.25) is 0 Å². The first kappa shape index (κ1) is 10.4. The number of hydrogen-bond acceptors (Lipinski definition) is 1. The van der Waals surface area contributed by atoms with Crippen molar-refractivity contribution in [1.29, 1.82) is 0 Å². The summed E-state index contributed by atoms with van der Waals surface area (Å²) in [4.78, 5) is 0. The average Bonchev–Trinajstić information content (AvgIpc) is 2.51. The Labute approximate surface area is 122 Å². The minimum atomic E-state index is 0.206. The molecule has 6 rings (SSSR count). The molecule has 1 atom stereocenters. The van der Waals surface area contributed by atoms with Gasteiger partial charge in [-0.3, -0.25) is 0 Å². The van der Waals surface area contributed by atoms with Crippen molar-refractivity contribution >= 4 is 27.1 Å². The van der Waals surface area contributed by atoms with E-state index in [1.807, 2.05) is 0 Å².